The number of halogens is 4. The van der Waals surface area contributed by atoms with Gasteiger partial charge in [0.15, 0.2) is 0 Å². The number of hydrogen-bond acceptors (Lipinski definition) is 5. The van der Waals surface area contributed by atoms with Gasteiger partial charge in [0.05, 0.1) is 21.1 Å². The Balaban J connectivity index is 1.24. The fraction of sp³-hybridized carbons (Fsp3) is 0.353. The van der Waals surface area contributed by atoms with Gasteiger partial charge in [-0.25, -0.2) is 0 Å². The first kappa shape index (κ1) is 32.0. The molecule has 6 rings (SSSR count). The number of piperazine rings is 1. The average molecular weight is 689 g/mol. The Kier molecular flexibility index (Phi) is 9.83. The normalized spacial score (nSPS) is 19.4. The molecule has 236 valence electrons. The van der Waals surface area contributed by atoms with Crippen LogP contribution in [0.4, 0.5) is 0 Å². The van der Waals surface area contributed by atoms with Crippen LogP contribution in [0.5, 0.6) is 11.5 Å². The molecule has 2 heterocycles. The number of nitrogens with zero attached hydrogens (tertiary/aromatic N) is 2. The van der Waals surface area contributed by atoms with Crippen LogP contribution in [0, 0.1) is 0 Å². The summed E-state index contributed by atoms with van der Waals surface area (Å²) in [4.78, 5) is 30.7. The van der Waals surface area contributed by atoms with Gasteiger partial charge in [-0.2, -0.15) is 0 Å². The quantitative estimate of drug-likeness (QED) is 0.227. The highest BCUT2D eigenvalue weighted by Gasteiger charge is 2.43. The molecule has 0 spiro atoms. The Hall–Kier alpha value is -2.94. The lowest BCUT2D eigenvalue weighted by Crippen LogP contribution is -2.61. The molecule has 1 N–H and O–H groups in total. The zero-order valence-electron chi connectivity index (χ0n) is 24.7. The van der Waals surface area contributed by atoms with Gasteiger partial charge < -0.3 is 24.6 Å². The minimum absolute atomic E-state index is 0.00891. The number of carbonyl (C=O) groups excluding carboxylic acids is 2. The molecule has 11 heteroatoms. The van der Waals surface area contributed by atoms with Crippen LogP contribution in [0.15, 0.2) is 66.2 Å². The van der Waals surface area contributed by atoms with Crippen LogP contribution in [-0.4, -0.2) is 66.0 Å². The van der Waals surface area contributed by atoms with E-state index >= 15 is 0 Å². The summed E-state index contributed by atoms with van der Waals surface area (Å²) in [5.41, 5.74) is 3.45. The van der Waals surface area contributed by atoms with E-state index in [0.717, 1.165) is 29.5 Å². The van der Waals surface area contributed by atoms with Crippen molar-refractivity contribution in [2.75, 3.05) is 26.3 Å². The molecule has 2 fully saturated rings. The molecule has 45 heavy (non-hydrogen) atoms. The van der Waals surface area contributed by atoms with Crippen molar-refractivity contribution < 1.29 is 19.1 Å². The predicted molar refractivity (Wildman–Crippen MR) is 178 cm³/mol. The molecule has 2 unspecified atom stereocenters. The number of nitrogens with one attached hydrogen (secondary N) is 1. The number of carbonyl (C=O) groups is 2. The third-order valence-electron chi connectivity index (χ3n) is 8.43. The van der Waals surface area contributed by atoms with E-state index in [2.05, 4.69) is 5.32 Å². The van der Waals surface area contributed by atoms with E-state index in [-0.39, 0.29) is 29.9 Å². The first-order chi connectivity index (χ1) is 21.7. The molecule has 0 radical (unpaired) electrons. The molecule has 3 aromatic rings. The van der Waals surface area contributed by atoms with Crippen molar-refractivity contribution in [3.63, 3.8) is 0 Å². The largest absolute Gasteiger partial charge is 0.490 e. The first-order valence-corrected chi connectivity index (χ1v) is 16.5. The lowest BCUT2D eigenvalue weighted by Gasteiger charge is -2.44. The van der Waals surface area contributed by atoms with Gasteiger partial charge in [-0.1, -0.05) is 76.7 Å². The summed E-state index contributed by atoms with van der Waals surface area (Å²) < 4.78 is 11.7. The van der Waals surface area contributed by atoms with E-state index in [9.17, 15) is 9.59 Å². The minimum Gasteiger partial charge on any atom is -0.490 e. The average Bonchev–Trinajstić information content (AvgIpc) is 3.87. The zero-order valence-corrected chi connectivity index (χ0v) is 27.7. The van der Waals surface area contributed by atoms with Gasteiger partial charge in [-0.15, -0.1) is 0 Å². The summed E-state index contributed by atoms with van der Waals surface area (Å²) in [5.74, 6) is 1.15. The third kappa shape index (κ3) is 7.23. The van der Waals surface area contributed by atoms with Crippen LogP contribution < -0.4 is 14.8 Å². The molecule has 1 saturated carbocycles. The summed E-state index contributed by atoms with van der Waals surface area (Å²) in [7, 11) is 0. The van der Waals surface area contributed by atoms with E-state index in [1.807, 2.05) is 46.2 Å². The van der Waals surface area contributed by atoms with Crippen molar-refractivity contribution in [1.82, 2.24) is 15.1 Å². The number of benzene rings is 3. The van der Waals surface area contributed by atoms with Crippen molar-refractivity contribution in [3.05, 3.63) is 97.5 Å². The van der Waals surface area contributed by atoms with Gasteiger partial charge in [-0.05, 0) is 66.3 Å². The zero-order chi connectivity index (χ0) is 31.7. The van der Waals surface area contributed by atoms with Gasteiger partial charge in [-0.3, -0.25) is 9.59 Å². The third-order valence-corrected chi connectivity index (χ3v) is 10.1. The predicted octanol–water partition coefficient (Wildman–Crippen LogP) is 7.30. The molecule has 3 aromatic carbocycles. The van der Waals surface area contributed by atoms with Crippen LogP contribution in [-0.2, 0) is 16.1 Å². The second-order valence-electron chi connectivity index (χ2n) is 11.6. The number of ether oxygens (including phenoxy) is 2. The highest BCUT2D eigenvalue weighted by molar-refractivity contribution is 6.43. The molecule has 7 nitrogen and oxygen atoms in total. The number of rotatable bonds is 10. The molecule has 2 aliphatic heterocycles. The molecular weight excluding hydrogens is 656 g/mol. The molecule has 1 saturated heterocycles. The van der Waals surface area contributed by atoms with Crippen LogP contribution in [0.1, 0.15) is 37.3 Å². The molecular formula is C34H33Cl4N3O4. The second-order valence-corrected chi connectivity index (χ2v) is 13.2. The fourth-order valence-electron chi connectivity index (χ4n) is 6.04. The molecule has 2 atom stereocenters. The Morgan fingerprint density at radius 1 is 0.889 bits per heavy atom. The van der Waals surface area contributed by atoms with Crippen molar-refractivity contribution >= 4 is 63.8 Å². The van der Waals surface area contributed by atoms with Crippen LogP contribution in [0.2, 0.25) is 20.1 Å². The lowest BCUT2D eigenvalue weighted by molar-refractivity contribution is -0.132. The van der Waals surface area contributed by atoms with E-state index in [1.54, 1.807) is 31.2 Å². The summed E-state index contributed by atoms with van der Waals surface area (Å²) in [6, 6.07) is 18.4. The minimum atomic E-state index is -0.286. The number of amides is 2. The maximum Gasteiger partial charge on any atom is 0.252 e. The SMILES string of the molecule is CC(=O)N1CC2CC(c3ccc(OCCOc4cccc(Cl)c4Cl)cc3)=C(C(=O)N(Cc3cccc(Cl)c3Cl)C3CC3)C(C1)N2. The molecule has 2 amide bonds. The molecule has 2 bridgehead atoms. The highest BCUT2D eigenvalue weighted by Crippen LogP contribution is 2.39. The van der Waals surface area contributed by atoms with Crippen molar-refractivity contribution in [1.29, 1.82) is 0 Å². The Bertz CT molecular complexity index is 1630. The second kappa shape index (κ2) is 13.8. The Labute approximate surface area is 283 Å². The van der Waals surface area contributed by atoms with Crippen molar-refractivity contribution in [2.45, 2.75) is 50.9 Å². The lowest BCUT2D eigenvalue weighted by atomic mass is 9.82. The number of hydrogen-bond donors (Lipinski definition) is 1. The van der Waals surface area contributed by atoms with E-state index < -0.39 is 0 Å². The van der Waals surface area contributed by atoms with Gasteiger partial charge in [0.1, 0.15) is 29.7 Å². The maximum absolute atomic E-state index is 14.5. The molecule has 3 aliphatic rings. The standard InChI is InChI=1S/C34H33Cl4N3O4/c1-20(42)40-18-23-16-26(21-8-12-25(13-9-21)44-14-15-45-30-7-3-6-28(36)33(30)38)31(29(19-40)39-23)34(43)41(24-10-11-24)17-22-4-2-5-27(35)32(22)37/h2-9,12-13,23-24,29,39H,10-11,14-19H2,1H3. The van der Waals surface area contributed by atoms with Crippen molar-refractivity contribution in [2.24, 2.45) is 0 Å². The smallest absolute Gasteiger partial charge is 0.252 e. The van der Waals surface area contributed by atoms with Crippen LogP contribution in [0.25, 0.3) is 5.57 Å². The highest BCUT2D eigenvalue weighted by atomic mass is 35.5. The van der Waals surface area contributed by atoms with Gasteiger partial charge in [0, 0.05) is 44.2 Å². The topological polar surface area (TPSA) is 71.1 Å². The van der Waals surface area contributed by atoms with Gasteiger partial charge in [0.25, 0.3) is 5.91 Å². The molecule has 0 aromatic heterocycles. The monoisotopic (exact) mass is 687 g/mol. The van der Waals surface area contributed by atoms with Gasteiger partial charge >= 0.3 is 0 Å². The summed E-state index contributed by atoms with van der Waals surface area (Å²) >= 11 is 25.1. The van der Waals surface area contributed by atoms with Crippen LogP contribution in [0.3, 0.4) is 0 Å². The van der Waals surface area contributed by atoms with E-state index in [4.69, 9.17) is 55.9 Å². The van der Waals surface area contributed by atoms with Crippen LogP contribution >= 0.6 is 46.4 Å². The Morgan fingerprint density at radius 3 is 2.29 bits per heavy atom. The molecule has 1 aliphatic carbocycles. The van der Waals surface area contributed by atoms with E-state index in [1.165, 1.54) is 0 Å². The van der Waals surface area contributed by atoms with E-state index in [0.29, 0.717) is 76.4 Å². The summed E-state index contributed by atoms with van der Waals surface area (Å²) in [6.07, 6.45) is 2.49. The maximum atomic E-state index is 14.5. The first-order valence-electron chi connectivity index (χ1n) is 15.0. The summed E-state index contributed by atoms with van der Waals surface area (Å²) in [5, 5.41) is 5.36. The fourth-order valence-corrected chi connectivity index (χ4v) is 6.77. The Morgan fingerprint density at radius 2 is 1.58 bits per heavy atom. The van der Waals surface area contributed by atoms with Gasteiger partial charge in [0.2, 0.25) is 5.91 Å². The number of fused-ring (bicyclic) bond motifs is 2. The van der Waals surface area contributed by atoms with Crippen molar-refractivity contribution in [3.8, 4) is 11.5 Å². The summed E-state index contributed by atoms with van der Waals surface area (Å²) in [6.45, 7) is 3.58.